The lowest BCUT2D eigenvalue weighted by Crippen LogP contribution is -2.23. The van der Waals surface area contributed by atoms with E-state index in [1.807, 2.05) is 55.5 Å². The molecule has 2 heterocycles. The number of hydrogen-bond donors (Lipinski definition) is 1. The zero-order chi connectivity index (χ0) is 16.0. The van der Waals surface area contributed by atoms with Crippen LogP contribution in [-0.2, 0) is 6.54 Å². The fourth-order valence-electron chi connectivity index (χ4n) is 2.74. The highest BCUT2D eigenvalue weighted by Crippen LogP contribution is 2.19. The molecule has 0 saturated carbocycles. The van der Waals surface area contributed by atoms with Crippen molar-refractivity contribution >= 4 is 22.5 Å². The maximum atomic E-state index is 12.6. The average Bonchev–Trinajstić information content (AvgIpc) is 2.86. The third-order valence-electron chi connectivity index (χ3n) is 3.87. The van der Waals surface area contributed by atoms with Gasteiger partial charge in [0.05, 0.1) is 12.1 Å². The second-order valence-electron chi connectivity index (χ2n) is 5.58. The van der Waals surface area contributed by atoms with Crippen LogP contribution in [0.5, 0.6) is 0 Å². The third kappa shape index (κ3) is 2.15. The number of aromatic nitrogens is 4. The molecule has 0 aliphatic carbocycles. The molecular formula is C17H15N5O. The van der Waals surface area contributed by atoms with Gasteiger partial charge in [-0.2, -0.15) is 0 Å². The van der Waals surface area contributed by atoms with E-state index in [2.05, 4.69) is 10.1 Å². The Hall–Kier alpha value is -3.15. The molecule has 6 nitrogen and oxygen atoms in total. The molecule has 0 fully saturated rings. The van der Waals surface area contributed by atoms with E-state index in [0.717, 1.165) is 22.0 Å². The highest BCUT2D eigenvalue weighted by Gasteiger charge is 2.14. The maximum absolute atomic E-state index is 12.6. The topological polar surface area (TPSA) is 78.2 Å². The fourth-order valence-corrected chi connectivity index (χ4v) is 2.74. The van der Waals surface area contributed by atoms with E-state index in [-0.39, 0.29) is 11.6 Å². The first kappa shape index (κ1) is 13.5. The van der Waals surface area contributed by atoms with Crippen LogP contribution >= 0.6 is 0 Å². The van der Waals surface area contributed by atoms with Crippen LogP contribution in [0.15, 0.2) is 53.3 Å². The number of rotatable bonds is 2. The highest BCUT2D eigenvalue weighted by atomic mass is 16.2. The van der Waals surface area contributed by atoms with Gasteiger partial charge in [-0.05, 0) is 30.2 Å². The van der Waals surface area contributed by atoms with Gasteiger partial charge < -0.3 is 5.73 Å². The summed E-state index contributed by atoms with van der Waals surface area (Å²) in [5.41, 5.74) is 9.06. The monoisotopic (exact) mass is 305 g/mol. The number of aryl methyl sites for hydroxylation is 1. The number of hydrogen-bond acceptors (Lipinski definition) is 4. The summed E-state index contributed by atoms with van der Waals surface area (Å²) in [6.45, 7) is 2.38. The molecule has 2 aromatic carbocycles. The van der Waals surface area contributed by atoms with Crippen LogP contribution in [-0.4, -0.2) is 19.2 Å². The van der Waals surface area contributed by atoms with Gasteiger partial charge in [-0.15, -0.1) is 5.10 Å². The van der Waals surface area contributed by atoms with Crippen molar-refractivity contribution in [2.75, 3.05) is 5.73 Å². The predicted molar refractivity (Wildman–Crippen MR) is 89.4 cm³/mol. The lowest BCUT2D eigenvalue weighted by atomic mass is 10.2. The van der Waals surface area contributed by atoms with Gasteiger partial charge in [-0.1, -0.05) is 36.4 Å². The van der Waals surface area contributed by atoms with E-state index in [1.165, 1.54) is 9.08 Å². The molecule has 2 aromatic heterocycles. The average molecular weight is 305 g/mol. The van der Waals surface area contributed by atoms with E-state index < -0.39 is 0 Å². The van der Waals surface area contributed by atoms with Crippen molar-refractivity contribution in [3.8, 4) is 0 Å². The van der Waals surface area contributed by atoms with E-state index in [0.29, 0.717) is 12.2 Å². The molecule has 23 heavy (non-hydrogen) atoms. The first-order chi connectivity index (χ1) is 11.1. The molecule has 114 valence electrons. The van der Waals surface area contributed by atoms with Crippen LogP contribution in [0.1, 0.15) is 11.1 Å². The number of fused-ring (bicyclic) bond motifs is 3. The first-order valence-corrected chi connectivity index (χ1v) is 7.33. The van der Waals surface area contributed by atoms with Crippen molar-refractivity contribution in [1.29, 1.82) is 0 Å². The molecule has 6 heteroatoms. The molecule has 0 aliphatic heterocycles. The number of nitrogens with zero attached hydrogens (tertiary/aromatic N) is 4. The summed E-state index contributed by atoms with van der Waals surface area (Å²) in [5, 5.41) is 5.29. The van der Waals surface area contributed by atoms with Crippen molar-refractivity contribution in [1.82, 2.24) is 19.2 Å². The Balaban J connectivity index is 1.98. The minimum Gasteiger partial charge on any atom is -0.369 e. The van der Waals surface area contributed by atoms with E-state index in [4.69, 9.17) is 5.73 Å². The molecule has 0 atom stereocenters. The Morgan fingerprint density at radius 3 is 2.70 bits per heavy atom. The highest BCUT2D eigenvalue weighted by molar-refractivity contribution is 5.92. The van der Waals surface area contributed by atoms with Crippen LogP contribution in [0.2, 0.25) is 0 Å². The Morgan fingerprint density at radius 2 is 1.91 bits per heavy atom. The van der Waals surface area contributed by atoms with Gasteiger partial charge in [0, 0.05) is 5.39 Å². The number of nitrogen functional groups attached to an aromatic ring is 1. The van der Waals surface area contributed by atoms with Crippen LogP contribution in [0.4, 0.5) is 5.95 Å². The van der Waals surface area contributed by atoms with Crippen molar-refractivity contribution in [2.24, 2.45) is 0 Å². The van der Waals surface area contributed by atoms with Crippen LogP contribution in [0.3, 0.4) is 0 Å². The Kier molecular flexibility index (Phi) is 2.90. The van der Waals surface area contributed by atoms with E-state index in [9.17, 15) is 4.79 Å². The fraction of sp³-hybridized carbons (Fsp3) is 0.118. The molecule has 0 spiro atoms. The van der Waals surface area contributed by atoms with Crippen LogP contribution in [0.25, 0.3) is 16.6 Å². The third-order valence-corrected chi connectivity index (χ3v) is 3.87. The summed E-state index contributed by atoms with van der Waals surface area (Å²) in [6.07, 6.45) is 0. The largest absolute Gasteiger partial charge is 0.369 e. The van der Waals surface area contributed by atoms with E-state index in [1.54, 1.807) is 0 Å². The second-order valence-corrected chi connectivity index (χ2v) is 5.58. The predicted octanol–water partition coefficient (Wildman–Crippen LogP) is 1.98. The normalized spacial score (nSPS) is 11.3. The van der Waals surface area contributed by atoms with Gasteiger partial charge in [0.15, 0.2) is 5.65 Å². The van der Waals surface area contributed by atoms with Crippen LogP contribution < -0.4 is 11.4 Å². The number of anilines is 1. The first-order valence-electron chi connectivity index (χ1n) is 7.33. The van der Waals surface area contributed by atoms with Gasteiger partial charge in [-0.3, -0.25) is 0 Å². The quantitative estimate of drug-likeness (QED) is 0.614. The zero-order valence-electron chi connectivity index (χ0n) is 12.6. The van der Waals surface area contributed by atoms with Gasteiger partial charge in [0.2, 0.25) is 5.95 Å². The van der Waals surface area contributed by atoms with Crippen molar-refractivity contribution in [3.63, 3.8) is 0 Å². The standard InChI is InChI=1S/C17H15N5O/c1-11-7-8-13-14(9-11)19-16(18)22-15(13)20-21(17(22)23)10-12-5-3-2-4-6-12/h2-9H,10H2,1H3,(H2,18,19). The summed E-state index contributed by atoms with van der Waals surface area (Å²) in [6, 6.07) is 15.6. The molecular weight excluding hydrogens is 290 g/mol. The molecule has 0 aliphatic rings. The van der Waals surface area contributed by atoms with E-state index >= 15 is 0 Å². The van der Waals surface area contributed by atoms with Gasteiger partial charge in [0.25, 0.3) is 0 Å². The molecule has 0 amide bonds. The molecule has 4 aromatic rings. The maximum Gasteiger partial charge on any atom is 0.353 e. The molecule has 0 saturated heterocycles. The van der Waals surface area contributed by atoms with Crippen LogP contribution in [0, 0.1) is 6.92 Å². The summed E-state index contributed by atoms with van der Waals surface area (Å²) >= 11 is 0. The molecule has 0 bridgehead atoms. The van der Waals surface area contributed by atoms with Gasteiger partial charge in [0.1, 0.15) is 0 Å². The summed E-state index contributed by atoms with van der Waals surface area (Å²) in [5.74, 6) is 0.155. The van der Waals surface area contributed by atoms with Gasteiger partial charge >= 0.3 is 5.69 Å². The van der Waals surface area contributed by atoms with Gasteiger partial charge in [-0.25, -0.2) is 18.9 Å². The minimum atomic E-state index is -0.281. The minimum absolute atomic E-state index is 0.155. The number of nitrogens with two attached hydrogens (primary N) is 1. The molecule has 2 N–H and O–H groups in total. The summed E-state index contributed by atoms with van der Waals surface area (Å²) < 4.78 is 2.78. The summed E-state index contributed by atoms with van der Waals surface area (Å²) in [7, 11) is 0. The smallest absolute Gasteiger partial charge is 0.353 e. The molecule has 0 unspecified atom stereocenters. The van der Waals surface area contributed by atoms with Crippen molar-refractivity contribution < 1.29 is 0 Å². The second kappa shape index (κ2) is 4.95. The van der Waals surface area contributed by atoms with Crippen molar-refractivity contribution in [3.05, 3.63) is 70.1 Å². The molecule has 0 radical (unpaired) electrons. The molecule has 4 rings (SSSR count). The lowest BCUT2D eigenvalue weighted by molar-refractivity contribution is 0.659. The van der Waals surface area contributed by atoms with Crippen molar-refractivity contribution in [2.45, 2.75) is 13.5 Å². The Labute approximate surface area is 131 Å². The lowest BCUT2D eigenvalue weighted by Gasteiger charge is -2.02. The SMILES string of the molecule is Cc1ccc2c(c1)nc(N)n1c(=O)n(Cc3ccccc3)nc21. The summed E-state index contributed by atoms with van der Waals surface area (Å²) in [4.78, 5) is 16.9. The number of benzene rings is 2. The Bertz CT molecular complexity index is 1080. The zero-order valence-corrected chi connectivity index (χ0v) is 12.6. The Morgan fingerprint density at radius 1 is 1.13 bits per heavy atom.